The molecule has 0 bridgehead atoms. The molecular weight excluding hydrogens is 833 g/mol. The molecule has 0 spiro atoms. The molecule has 0 N–H and O–H groups in total. The predicted octanol–water partition coefficient (Wildman–Crippen LogP) is 17.1. The Bertz CT molecular complexity index is 3820. The van der Waals surface area contributed by atoms with Gasteiger partial charge in [0.2, 0.25) is 0 Å². The highest BCUT2D eigenvalue weighted by molar-refractivity contribution is 6.12. The van der Waals surface area contributed by atoms with Crippen molar-refractivity contribution >= 4 is 21.5 Å². The summed E-state index contributed by atoms with van der Waals surface area (Å²) in [5.74, 6) is 0.699. The topological polar surface area (TPSA) is 25.8 Å². The summed E-state index contributed by atoms with van der Waals surface area (Å²) < 4.78 is 0. The van der Waals surface area contributed by atoms with Gasteiger partial charge in [-0.15, -0.1) is 0 Å². The molecule has 1 aliphatic carbocycles. The molecule has 0 aliphatic heterocycles. The van der Waals surface area contributed by atoms with Crippen LogP contribution in [0, 0.1) is 0 Å². The zero-order chi connectivity index (χ0) is 45.7. The zero-order valence-corrected chi connectivity index (χ0v) is 37.8. The Hall–Kier alpha value is -8.98. The molecule has 69 heavy (non-hydrogen) atoms. The van der Waals surface area contributed by atoms with Crippen molar-refractivity contribution in [3.05, 3.63) is 289 Å². The Morgan fingerprint density at radius 2 is 0.638 bits per heavy atom. The summed E-state index contributed by atoms with van der Waals surface area (Å²) in [5.41, 5.74) is 19.3. The van der Waals surface area contributed by atoms with Gasteiger partial charge in [-0.2, -0.15) is 0 Å². The first-order chi connectivity index (χ1) is 34.2. The second-order valence-corrected chi connectivity index (χ2v) is 18.0. The summed E-state index contributed by atoms with van der Waals surface area (Å²) in [6.45, 7) is 0. The van der Waals surface area contributed by atoms with E-state index >= 15 is 0 Å². The molecule has 0 saturated carbocycles. The van der Waals surface area contributed by atoms with E-state index in [4.69, 9.17) is 9.97 Å². The second kappa shape index (κ2) is 16.7. The summed E-state index contributed by atoms with van der Waals surface area (Å²) in [6, 6.07) is 96.8. The molecule has 1 aromatic heterocycles. The Morgan fingerprint density at radius 1 is 0.232 bits per heavy atom. The highest BCUT2D eigenvalue weighted by Gasteiger charge is 2.46. The lowest BCUT2D eigenvalue weighted by Crippen LogP contribution is -2.28. The van der Waals surface area contributed by atoms with Crippen LogP contribution in [-0.2, 0) is 5.41 Å². The molecule has 1 aliphatic rings. The van der Waals surface area contributed by atoms with Crippen LogP contribution in [0.15, 0.2) is 267 Å². The van der Waals surface area contributed by atoms with Gasteiger partial charge in [0.25, 0.3) is 0 Å². The quantitative estimate of drug-likeness (QED) is 0.152. The first-order valence-electron chi connectivity index (χ1n) is 23.7. The minimum atomic E-state index is -0.472. The molecule has 1 heterocycles. The molecule has 2 heteroatoms. The molecule has 12 aromatic rings. The van der Waals surface area contributed by atoms with Gasteiger partial charge in [-0.05, 0) is 100 Å². The van der Waals surface area contributed by atoms with Gasteiger partial charge in [-0.1, -0.05) is 255 Å². The molecule has 2 nitrogen and oxygen atoms in total. The fraction of sp³-hybridized carbons (Fsp3) is 0.0149. The smallest absolute Gasteiger partial charge is 0.160 e. The molecule has 0 radical (unpaired) electrons. The van der Waals surface area contributed by atoms with Crippen LogP contribution in [0.25, 0.3) is 100.0 Å². The van der Waals surface area contributed by atoms with Gasteiger partial charge in [-0.3, -0.25) is 0 Å². The Balaban J connectivity index is 0.947. The van der Waals surface area contributed by atoms with Crippen molar-refractivity contribution in [1.82, 2.24) is 9.97 Å². The molecule has 0 atom stereocenters. The van der Waals surface area contributed by atoms with Crippen molar-refractivity contribution < 1.29 is 0 Å². The van der Waals surface area contributed by atoms with Crippen LogP contribution >= 0.6 is 0 Å². The number of benzene rings is 11. The maximum absolute atomic E-state index is 5.29. The van der Waals surface area contributed by atoms with Gasteiger partial charge >= 0.3 is 0 Å². The highest BCUT2D eigenvalue weighted by atomic mass is 14.9. The summed E-state index contributed by atoms with van der Waals surface area (Å²) in [5, 5.41) is 4.74. The van der Waals surface area contributed by atoms with E-state index in [9.17, 15) is 0 Å². The lowest BCUT2D eigenvalue weighted by Gasteiger charge is -2.34. The van der Waals surface area contributed by atoms with Crippen molar-refractivity contribution in [3.8, 4) is 78.4 Å². The number of aromatic nitrogens is 2. The third-order valence-corrected chi connectivity index (χ3v) is 14.2. The van der Waals surface area contributed by atoms with E-state index < -0.39 is 5.41 Å². The van der Waals surface area contributed by atoms with Crippen LogP contribution in [0.1, 0.15) is 22.3 Å². The molecule has 0 fully saturated rings. The van der Waals surface area contributed by atoms with Crippen molar-refractivity contribution in [2.45, 2.75) is 5.41 Å². The maximum atomic E-state index is 5.29. The molecular formula is C67H44N2. The zero-order valence-electron chi connectivity index (χ0n) is 37.8. The molecule has 0 saturated heterocycles. The summed E-state index contributed by atoms with van der Waals surface area (Å²) >= 11 is 0. The summed E-state index contributed by atoms with van der Waals surface area (Å²) in [7, 11) is 0. The SMILES string of the molecule is c1ccc(-c2ccc(-c3cc(-c4ccc(-c5ccc(-c6ccc7c(c6)C(c6ccccc6)(c6ccccc6)c6ccccc6-7)c6ccccc56)c5ccccc45)nc(-c4ccccc4)n3)cc2)cc1. The fourth-order valence-corrected chi connectivity index (χ4v) is 11.1. The van der Waals surface area contributed by atoms with Crippen LogP contribution in [0.4, 0.5) is 0 Å². The van der Waals surface area contributed by atoms with Crippen molar-refractivity contribution in [2.24, 2.45) is 0 Å². The number of rotatable bonds is 8. The van der Waals surface area contributed by atoms with Gasteiger partial charge in [0.1, 0.15) is 0 Å². The Kier molecular flexibility index (Phi) is 9.77. The molecule has 0 amide bonds. The molecule has 13 rings (SSSR count). The van der Waals surface area contributed by atoms with Crippen molar-refractivity contribution in [3.63, 3.8) is 0 Å². The van der Waals surface area contributed by atoms with Gasteiger partial charge in [0, 0.05) is 16.7 Å². The van der Waals surface area contributed by atoms with Crippen LogP contribution in [0.5, 0.6) is 0 Å². The van der Waals surface area contributed by atoms with E-state index in [0.717, 1.165) is 33.5 Å². The lowest BCUT2D eigenvalue weighted by atomic mass is 9.67. The van der Waals surface area contributed by atoms with E-state index in [1.54, 1.807) is 0 Å². The maximum Gasteiger partial charge on any atom is 0.160 e. The lowest BCUT2D eigenvalue weighted by molar-refractivity contribution is 0.769. The van der Waals surface area contributed by atoms with Gasteiger partial charge in [0.05, 0.1) is 16.8 Å². The first kappa shape index (κ1) is 40.3. The van der Waals surface area contributed by atoms with Gasteiger partial charge in [-0.25, -0.2) is 9.97 Å². The fourth-order valence-electron chi connectivity index (χ4n) is 11.1. The minimum absolute atomic E-state index is 0.472. The number of hydrogen-bond donors (Lipinski definition) is 0. The average Bonchev–Trinajstić information content (AvgIpc) is 3.73. The first-order valence-corrected chi connectivity index (χ1v) is 23.7. The summed E-state index contributed by atoms with van der Waals surface area (Å²) in [6.07, 6.45) is 0. The normalized spacial score (nSPS) is 12.5. The highest BCUT2D eigenvalue weighted by Crippen LogP contribution is 2.57. The van der Waals surface area contributed by atoms with E-state index in [1.165, 1.54) is 82.9 Å². The van der Waals surface area contributed by atoms with Crippen LogP contribution in [0.2, 0.25) is 0 Å². The second-order valence-electron chi connectivity index (χ2n) is 18.0. The molecule has 11 aromatic carbocycles. The Morgan fingerprint density at radius 3 is 1.26 bits per heavy atom. The minimum Gasteiger partial charge on any atom is -0.228 e. The standard InChI is InChI=1S/C67H44N2/c1-5-19-45(20-6-1)46-33-35-47(36-34-46)64-44-65(69-66(68-64)48-21-7-2-8-22-48)61-42-41-58(55-29-15-16-30-56(55)61)57-40-39-52(53-27-13-14-28-54(53)57)49-37-38-60-59-31-17-18-32-62(59)67(63(60)43-49,50-23-9-3-10-24-50)51-25-11-4-12-26-51/h1-44H. The van der Waals surface area contributed by atoms with E-state index in [-0.39, 0.29) is 0 Å². The van der Waals surface area contributed by atoms with Crippen LogP contribution < -0.4 is 0 Å². The number of nitrogens with zero attached hydrogens (tertiary/aromatic N) is 2. The van der Waals surface area contributed by atoms with Crippen LogP contribution in [0.3, 0.4) is 0 Å². The number of hydrogen-bond acceptors (Lipinski definition) is 2. The predicted molar refractivity (Wildman–Crippen MR) is 287 cm³/mol. The third kappa shape index (κ3) is 6.72. The molecule has 0 unspecified atom stereocenters. The van der Waals surface area contributed by atoms with Crippen LogP contribution in [-0.4, -0.2) is 9.97 Å². The van der Waals surface area contributed by atoms with E-state index in [0.29, 0.717) is 5.82 Å². The average molecular weight is 877 g/mol. The van der Waals surface area contributed by atoms with Gasteiger partial charge in [0.15, 0.2) is 5.82 Å². The monoisotopic (exact) mass is 876 g/mol. The molecule has 322 valence electrons. The largest absolute Gasteiger partial charge is 0.228 e. The van der Waals surface area contributed by atoms with Crippen molar-refractivity contribution in [1.29, 1.82) is 0 Å². The Labute approximate surface area is 402 Å². The van der Waals surface area contributed by atoms with Crippen molar-refractivity contribution in [2.75, 3.05) is 0 Å². The summed E-state index contributed by atoms with van der Waals surface area (Å²) in [4.78, 5) is 10.5. The van der Waals surface area contributed by atoms with E-state index in [1.807, 2.05) is 18.2 Å². The van der Waals surface area contributed by atoms with Gasteiger partial charge < -0.3 is 0 Å². The van der Waals surface area contributed by atoms with E-state index in [2.05, 4.69) is 249 Å². The third-order valence-electron chi connectivity index (χ3n) is 14.2. The number of fused-ring (bicyclic) bond motifs is 5.